The average Bonchev–Trinajstić information content (AvgIpc) is 2.78. The highest BCUT2D eigenvalue weighted by Crippen LogP contribution is 2.36. The lowest BCUT2D eigenvalue weighted by atomic mass is 9.97. The molecule has 35 heavy (non-hydrogen) atoms. The van der Waals surface area contributed by atoms with Crippen molar-refractivity contribution in [2.24, 2.45) is 0 Å². The number of aryl methyl sites for hydroxylation is 1. The van der Waals surface area contributed by atoms with Crippen molar-refractivity contribution >= 4 is 23.5 Å². The van der Waals surface area contributed by atoms with E-state index in [1.165, 1.54) is 30.4 Å². The molecule has 0 bridgehead atoms. The molecule has 2 aromatic carbocycles. The number of alkyl halides is 6. The number of rotatable bonds is 6. The zero-order valence-corrected chi connectivity index (χ0v) is 18.2. The lowest BCUT2D eigenvalue weighted by Gasteiger charge is -2.14. The second-order valence-electron chi connectivity index (χ2n) is 7.65. The summed E-state index contributed by atoms with van der Waals surface area (Å²) in [6.07, 6.45) is -4.80. The van der Waals surface area contributed by atoms with Crippen molar-refractivity contribution in [3.8, 4) is 0 Å². The fraction of sp³-hybridized carbons (Fsp3) is 0.160. The Morgan fingerprint density at radius 3 is 2.17 bits per heavy atom. The van der Waals surface area contributed by atoms with Crippen LogP contribution in [0.1, 0.15) is 38.2 Å². The second-order valence-corrected chi connectivity index (χ2v) is 7.65. The number of hydrogen-bond donors (Lipinski definition) is 1. The summed E-state index contributed by atoms with van der Waals surface area (Å²) in [4.78, 5) is 28.9. The molecule has 1 aromatic heterocycles. The summed E-state index contributed by atoms with van der Waals surface area (Å²) in [5.74, 6) is -1.21. The van der Waals surface area contributed by atoms with E-state index in [9.17, 15) is 35.9 Å². The fourth-order valence-electron chi connectivity index (χ4n) is 3.16. The second kappa shape index (κ2) is 10.1. The Kier molecular flexibility index (Phi) is 7.42. The Morgan fingerprint density at radius 2 is 1.60 bits per heavy atom. The number of nitrogens with one attached hydrogen (secondary N) is 1. The highest BCUT2D eigenvalue weighted by molar-refractivity contribution is 6.04. The van der Waals surface area contributed by atoms with Crippen LogP contribution in [0.5, 0.6) is 0 Å². The van der Waals surface area contributed by atoms with E-state index in [0.717, 1.165) is 0 Å². The minimum atomic E-state index is -5.01. The number of pyridine rings is 1. The minimum Gasteiger partial charge on any atom is -0.322 e. The van der Waals surface area contributed by atoms with Gasteiger partial charge in [-0.05, 0) is 60.0 Å². The van der Waals surface area contributed by atoms with Crippen molar-refractivity contribution in [2.75, 3.05) is 5.32 Å². The molecule has 0 atom stereocenters. The molecule has 3 aromatic rings. The van der Waals surface area contributed by atoms with Gasteiger partial charge in [0.2, 0.25) is 5.91 Å². The molecule has 0 spiro atoms. The number of aromatic nitrogens is 1. The number of Topliss-reactive ketones (excluding diaryl/α,β-unsaturated/α-hetero) is 1. The van der Waals surface area contributed by atoms with Gasteiger partial charge in [0.25, 0.3) is 0 Å². The number of nitrogens with zero attached hydrogens (tertiary/aromatic N) is 1. The Balaban J connectivity index is 1.81. The highest BCUT2D eigenvalue weighted by atomic mass is 19.4. The van der Waals surface area contributed by atoms with E-state index < -0.39 is 47.2 Å². The molecule has 0 aliphatic carbocycles. The minimum absolute atomic E-state index is 0.00646. The highest BCUT2D eigenvalue weighted by Gasteiger charge is 2.37. The van der Waals surface area contributed by atoms with Gasteiger partial charge in [0.05, 0.1) is 11.1 Å². The summed E-state index contributed by atoms with van der Waals surface area (Å²) in [6, 6.07) is 8.70. The third-order valence-corrected chi connectivity index (χ3v) is 4.94. The van der Waals surface area contributed by atoms with Crippen molar-refractivity contribution in [3.05, 3.63) is 100 Å². The quantitative estimate of drug-likeness (QED) is 0.243. The maximum atomic E-state index is 13.1. The van der Waals surface area contributed by atoms with Crippen LogP contribution in [0.2, 0.25) is 0 Å². The third kappa shape index (κ3) is 7.02. The Hall–Kier alpha value is -3.95. The van der Waals surface area contributed by atoms with Crippen LogP contribution >= 0.6 is 0 Å². The van der Waals surface area contributed by atoms with Crippen LogP contribution in [0, 0.1) is 6.92 Å². The number of anilines is 1. The maximum absolute atomic E-state index is 13.1. The summed E-state index contributed by atoms with van der Waals surface area (Å²) in [6.45, 7) is 1.66. The largest absolute Gasteiger partial charge is 0.416 e. The van der Waals surface area contributed by atoms with E-state index in [2.05, 4.69) is 10.3 Å². The van der Waals surface area contributed by atoms with Gasteiger partial charge in [-0.2, -0.15) is 26.3 Å². The SMILES string of the molecule is Cc1ccc(C(=O)Cc2cc(C(F)(F)F)cc(C(F)(F)F)c2)cc1NC(=O)/C=C/c1cccnc1. The van der Waals surface area contributed by atoms with Crippen molar-refractivity contribution < 1.29 is 35.9 Å². The Morgan fingerprint density at radius 1 is 0.943 bits per heavy atom. The van der Waals surface area contributed by atoms with Gasteiger partial charge in [-0.15, -0.1) is 0 Å². The van der Waals surface area contributed by atoms with Gasteiger partial charge in [-0.1, -0.05) is 18.2 Å². The molecular formula is C25H18F6N2O2. The predicted molar refractivity (Wildman–Crippen MR) is 118 cm³/mol. The molecule has 1 heterocycles. The summed E-state index contributed by atoms with van der Waals surface area (Å²) in [5, 5.41) is 2.60. The van der Waals surface area contributed by atoms with Crippen LogP contribution in [-0.4, -0.2) is 16.7 Å². The van der Waals surface area contributed by atoms with Crippen LogP contribution in [0.15, 0.2) is 67.0 Å². The molecule has 1 amide bonds. The average molecular weight is 492 g/mol. The number of benzene rings is 2. The predicted octanol–water partition coefficient (Wildman–Crippen LogP) is 6.50. The zero-order valence-electron chi connectivity index (χ0n) is 18.2. The van der Waals surface area contributed by atoms with Gasteiger partial charge in [0.1, 0.15) is 0 Å². The molecule has 182 valence electrons. The normalized spacial score (nSPS) is 12.1. The van der Waals surface area contributed by atoms with Crippen molar-refractivity contribution in [3.63, 3.8) is 0 Å². The first kappa shape index (κ1) is 25.7. The third-order valence-electron chi connectivity index (χ3n) is 4.94. The Bertz CT molecular complexity index is 1230. The lowest BCUT2D eigenvalue weighted by Crippen LogP contribution is -2.14. The molecule has 1 N–H and O–H groups in total. The first-order valence-corrected chi connectivity index (χ1v) is 10.1. The first-order chi connectivity index (χ1) is 16.3. The first-order valence-electron chi connectivity index (χ1n) is 10.1. The van der Waals surface area contributed by atoms with E-state index in [0.29, 0.717) is 23.3 Å². The molecular weight excluding hydrogens is 474 g/mol. The number of amides is 1. The molecule has 10 heteroatoms. The van der Waals surface area contributed by atoms with Crippen LogP contribution in [0.3, 0.4) is 0 Å². The van der Waals surface area contributed by atoms with E-state index >= 15 is 0 Å². The van der Waals surface area contributed by atoms with Gasteiger partial charge in [-0.3, -0.25) is 14.6 Å². The summed E-state index contributed by atoms with van der Waals surface area (Å²) >= 11 is 0. The molecule has 0 fully saturated rings. The standard InChI is InChI=1S/C25H18F6N2O2/c1-15-4-6-18(12-21(15)33-23(35)7-5-16-3-2-8-32-14-16)22(34)11-17-9-19(24(26,27)28)13-20(10-17)25(29,30)31/h2-10,12-14H,11H2,1H3,(H,33,35)/b7-5+. The molecule has 3 rings (SSSR count). The summed E-state index contributed by atoms with van der Waals surface area (Å²) in [7, 11) is 0. The molecule has 0 unspecified atom stereocenters. The van der Waals surface area contributed by atoms with Gasteiger partial charge >= 0.3 is 12.4 Å². The zero-order chi connectivity index (χ0) is 25.8. The smallest absolute Gasteiger partial charge is 0.322 e. The summed E-state index contributed by atoms with van der Waals surface area (Å²) < 4.78 is 78.5. The van der Waals surface area contributed by atoms with E-state index in [4.69, 9.17) is 0 Å². The number of hydrogen-bond acceptors (Lipinski definition) is 3. The van der Waals surface area contributed by atoms with Gasteiger partial charge in [-0.25, -0.2) is 0 Å². The lowest BCUT2D eigenvalue weighted by molar-refractivity contribution is -0.143. The summed E-state index contributed by atoms with van der Waals surface area (Å²) in [5.41, 5.74) is -1.84. The fourth-order valence-corrected chi connectivity index (χ4v) is 3.16. The van der Waals surface area contributed by atoms with E-state index in [1.807, 2.05) is 0 Å². The van der Waals surface area contributed by atoms with Crippen LogP contribution < -0.4 is 5.32 Å². The van der Waals surface area contributed by atoms with Crippen molar-refractivity contribution in [1.29, 1.82) is 0 Å². The van der Waals surface area contributed by atoms with Crippen molar-refractivity contribution in [1.82, 2.24) is 4.98 Å². The van der Waals surface area contributed by atoms with E-state index in [1.54, 1.807) is 31.5 Å². The molecule has 0 aliphatic rings. The van der Waals surface area contributed by atoms with E-state index in [-0.39, 0.29) is 17.3 Å². The van der Waals surface area contributed by atoms with Crippen molar-refractivity contribution in [2.45, 2.75) is 25.7 Å². The topological polar surface area (TPSA) is 59.1 Å². The molecule has 4 nitrogen and oxygen atoms in total. The Labute approximate surface area is 196 Å². The number of halogens is 6. The van der Waals surface area contributed by atoms with Crippen LogP contribution in [0.25, 0.3) is 6.08 Å². The monoisotopic (exact) mass is 492 g/mol. The van der Waals surface area contributed by atoms with Gasteiger partial charge in [0, 0.05) is 36.1 Å². The molecule has 0 aliphatic heterocycles. The van der Waals surface area contributed by atoms with Crippen LogP contribution in [0.4, 0.5) is 32.0 Å². The van der Waals surface area contributed by atoms with Crippen LogP contribution in [-0.2, 0) is 23.6 Å². The molecule has 0 radical (unpaired) electrons. The maximum Gasteiger partial charge on any atom is 0.416 e. The number of ketones is 1. The number of carbonyl (C=O) groups excluding carboxylic acids is 2. The number of carbonyl (C=O) groups is 2. The molecule has 0 saturated carbocycles. The molecule has 0 saturated heterocycles. The van der Waals surface area contributed by atoms with Gasteiger partial charge in [0.15, 0.2) is 5.78 Å². The van der Waals surface area contributed by atoms with Gasteiger partial charge < -0.3 is 5.32 Å².